The number of aliphatic carboxylic acids is 2. The Labute approximate surface area is 84.1 Å². The van der Waals surface area contributed by atoms with Crippen LogP contribution in [0.15, 0.2) is 0 Å². The highest BCUT2D eigenvalue weighted by Crippen LogP contribution is 2.51. The van der Waals surface area contributed by atoms with Crippen LogP contribution < -0.4 is 0 Å². The van der Waals surface area contributed by atoms with Gasteiger partial charge in [0, 0.05) is 0 Å². The van der Waals surface area contributed by atoms with Gasteiger partial charge < -0.3 is 10.2 Å². The molecule has 0 amide bonds. The molecule has 0 aromatic carbocycles. The monoisotopic (exact) mass is 222 g/mol. The van der Waals surface area contributed by atoms with Crippen molar-refractivity contribution in [3.8, 4) is 0 Å². The Hall–Kier alpha value is -0.360. The Balaban J connectivity index is 2.83. The van der Waals surface area contributed by atoms with E-state index in [2.05, 4.69) is 0 Å². The summed E-state index contributed by atoms with van der Waals surface area (Å²) in [6, 6.07) is 0. The SMILES string of the molecule is CC1(C)SC(C(=O)O)C(C(=O)O)S1. The molecule has 2 unspecified atom stereocenters. The number of carboxylic acid groups (broad SMARTS) is 2. The molecule has 0 aromatic heterocycles. The van der Waals surface area contributed by atoms with Gasteiger partial charge in [0.2, 0.25) is 0 Å². The molecule has 1 rings (SSSR count). The summed E-state index contributed by atoms with van der Waals surface area (Å²) in [6.07, 6.45) is 0. The summed E-state index contributed by atoms with van der Waals surface area (Å²) in [5, 5.41) is 15.9. The van der Waals surface area contributed by atoms with Gasteiger partial charge in [-0.25, -0.2) is 0 Å². The van der Waals surface area contributed by atoms with Crippen molar-refractivity contribution in [3.63, 3.8) is 0 Å². The van der Waals surface area contributed by atoms with Crippen LogP contribution in [0.25, 0.3) is 0 Å². The summed E-state index contributed by atoms with van der Waals surface area (Å²) in [4.78, 5) is 21.4. The van der Waals surface area contributed by atoms with Crippen LogP contribution >= 0.6 is 23.5 Å². The average Bonchev–Trinajstić information content (AvgIpc) is 2.26. The van der Waals surface area contributed by atoms with E-state index in [0.29, 0.717) is 0 Å². The van der Waals surface area contributed by atoms with Gasteiger partial charge in [0.1, 0.15) is 10.5 Å². The largest absolute Gasteiger partial charge is 0.480 e. The van der Waals surface area contributed by atoms with Crippen molar-refractivity contribution in [3.05, 3.63) is 0 Å². The molecular weight excluding hydrogens is 212 g/mol. The van der Waals surface area contributed by atoms with Gasteiger partial charge in [0.05, 0.1) is 4.08 Å². The van der Waals surface area contributed by atoms with Crippen molar-refractivity contribution in [2.75, 3.05) is 0 Å². The van der Waals surface area contributed by atoms with E-state index < -0.39 is 22.4 Å². The molecule has 4 nitrogen and oxygen atoms in total. The molecule has 0 bridgehead atoms. The molecule has 1 aliphatic rings. The van der Waals surface area contributed by atoms with E-state index in [1.54, 1.807) is 0 Å². The highest BCUT2D eigenvalue weighted by atomic mass is 32.2. The number of carbonyl (C=O) groups is 2. The van der Waals surface area contributed by atoms with Gasteiger partial charge in [-0.05, 0) is 13.8 Å². The molecule has 0 spiro atoms. The van der Waals surface area contributed by atoms with Gasteiger partial charge in [0.15, 0.2) is 0 Å². The second kappa shape index (κ2) is 3.42. The molecule has 1 heterocycles. The third-order valence-corrected chi connectivity index (χ3v) is 4.92. The molecule has 0 aromatic rings. The fraction of sp³-hybridized carbons (Fsp3) is 0.714. The van der Waals surface area contributed by atoms with E-state index in [1.165, 1.54) is 23.5 Å². The van der Waals surface area contributed by atoms with Gasteiger partial charge in [-0.3, -0.25) is 9.59 Å². The van der Waals surface area contributed by atoms with Gasteiger partial charge in [-0.2, -0.15) is 0 Å². The molecule has 13 heavy (non-hydrogen) atoms. The van der Waals surface area contributed by atoms with Crippen molar-refractivity contribution in [1.29, 1.82) is 0 Å². The van der Waals surface area contributed by atoms with E-state index in [-0.39, 0.29) is 4.08 Å². The van der Waals surface area contributed by atoms with E-state index in [1.807, 2.05) is 13.8 Å². The van der Waals surface area contributed by atoms with Crippen LogP contribution in [0.2, 0.25) is 0 Å². The average molecular weight is 222 g/mol. The highest BCUT2D eigenvalue weighted by Gasteiger charge is 2.48. The Morgan fingerprint density at radius 1 is 1.08 bits per heavy atom. The zero-order valence-corrected chi connectivity index (χ0v) is 8.82. The maximum atomic E-state index is 10.7. The minimum Gasteiger partial charge on any atom is -0.480 e. The predicted octanol–water partition coefficient (Wildman–Crippen LogP) is 1.11. The van der Waals surface area contributed by atoms with Crippen LogP contribution in [0.4, 0.5) is 0 Å². The molecule has 0 aliphatic carbocycles. The minimum atomic E-state index is -1.05. The quantitative estimate of drug-likeness (QED) is 0.729. The summed E-state index contributed by atoms with van der Waals surface area (Å²) in [7, 11) is 0. The minimum absolute atomic E-state index is 0.327. The Kier molecular flexibility index (Phi) is 2.82. The lowest BCUT2D eigenvalue weighted by molar-refractivity contribution is -0.142. The molecule has 2 atom stereocenters. The van der Waals surface area contributed by atoms with Crippen LogP contribution in [0.5, 0.6) is 0 Å². The third kappa shape index (κ3) is 2.31. The summed E-state index contributed by atoms with van der Waals surface area (Å²) >= 11 is 2.39. The van der Waals surface area contributed by atoms with E-state index in [0.717, 1.165) is 0 Å². The fourth-order valence-electron chi connectivity index (χ4n) is 1.12. The lowest BCUT2D eigenvalue weighted by atomic mass is 10.3. The first kappa shape index (κ1) is 10.7. The smallest absolute Gasteiger partial charge is 0.318 e. The van der Waals surface area contributed by atoms with Crippen molar-refractivity contribution in [1.82, 2.24) is 0 Å². The maximum absolute atomic E-state index is 10.7. The van der Waals surface area contributed by atoms with Crippen LogP contribution in [0, 0.1) is 0 Å². The van der Waals surface area contributed by atoms with Crippen LogP contribution in [0.1, 0.15) is 13.8 Å². The van der Waals surface area contributed by atoms with Crippen LogP contribution in [-0.4, -0.2) is 36.7 Å². The summed E-state index contributed by atoms with van der Waals surface area (Å²) in [6.45, 7) is 3.67. The number of thioether (sulfide) groups is 2. The predicted molar refractivity (Wildman–Crippen MR) is 52.1 cm³/mol. The summed E-state index contributed by atoms with van der Waals surface area (Å²) < 4.78 is -0.327. The van der Waals surface area contributed by atoms with Crippen molar-refractivity contribution >= 4 is 35.5 Å². The van der Waals surface area contributed by atoms with Crippen molar-refractivity contribution in [2.45, 2.75) is 28.4 Å². The molecule has 6 heteroatoms. The standard InChI is InChI=1S/C7H10O4S2/c1-7(2)12-3(5(8)9)4(13-7)6(10)11/h3-4H,1-2H3,(H,8,9)(H,10,11). The second-order valence-corrected chi connectivity index (χ2v) is 6.94. The third-order valence-electron chi connectivity index (χ3n) is 1.58. The maximum Gasteiger partial charge on any atom is 0.318 e. The lowest BCUT2D eigenvalue weighted by Crippen LogP contribution is -2.31. The Morgan fingerprint density at radius 3 is 1.62 bits per heavy atom. The zero-order valence-electron chi connectivity index (χ0n) is 7.18. The van der Waals surface area contributed by atoms with E-state index >= 15 is 0 Å². The normalized spacial score (nSPS) is 31.5. The molecule has 1 fully saturated rings. The topological polar surface area (TPSA) is 74.6 Å². The second-order valence-electron chi connectivity index (χ2n) is 3.15. The van der Waals surface area contributed by atoms with Crippen LogP contribution in [0.3, 0.4) is 0 Å². The summed E-state index contributed by atoms with van der Waals surface area (Å²) in [5.41, 5.74) is 0. The van der Waals surface area contributed by atoms with E-state index in [9.17, 15) is 9.59 Å². The first-order chi connectivity index (χ1) is 5.83. The highest BCUT2D eigenvalue weighted by molar-refractivity contribution is 8.22. The molecule has 1 aliphatic heterocycles. The van der Waals surface area contributed by atoms with Gasteiger partial charge in [0.25, 0.3) is 0 Å². The van der Waals surface area contributed by atoms with Crippen molar-refractivity contribution < 1.29 is 19.8 Å². The number of hydrogen-bond acceptors (Lipinski definition) is 4. The molecule has 0 saturated carbocycles. The first-order valence-corrected chi connectivity index (χ1v) is 5.41. The van der Waals surface area contributed by atoms with Gasteiger partial charge >= 0.3 is 11.9 Å². The molecular formula is C7H10O4S2. The number of carboxylic acids is 2. The van der Waals surface area contributed by atoms with Gasteiger partial charge in [-0.15, -0.1) is 23.5 Å². The lowest BCUT2D eigenvalue weighted by Gasteiger charge is -2.13. The molecule has 2 N–H and O–H groups in total. The number of hydrogen-bond donors (Lipinski definition) is 2. The molecule has 1 saturated heterocycles. The zero-order chi connectivity index (χ0) is 10.2. The molecule has 74 valence electrons. The Bertz CT molecular complexity index is 227. The van der Waals surface area contributed by atoms with Crippen LogP contribution in [-0.2, 0) is 9.59 Å². The Morgan fingerprint density at radius 2 is 1.38 bits per heavy atom. The van der Waals surface area contributed by atoms with Gasteiger partial charge in [-0.1, -0.05) is 0 Å². The molecule has 0 radical (unpaired) electrons. The fourth-order valence-corrected chi connectivity index (χ4v) is 4.21. The van der Waals surface area contributed by atoms with Crippen molar-refractivity contribution in [2.24, 2.45) is 0 Å². The summed E-state index contributed by atoms with van der Waals surface area (Å²) in [5.74, 6) is -2.09. The van der Waals surface area contributed by atoms with E-state index in [4.69, 9.17) is 10.2 Å². The first-order valence-electron chi connectivity index (χ1n) is 3.65. The number of rotatable bonds is 2.